The quantitative estimate of drug-likeness (QED) is 0.808. The van der Waals surface area contributed by atoms with Gasteiger partial charge in [-0.3, -0.25) is 0 Å². The second kappa shape index (κ2) is 5.65. The maximum absolute atomic E-state index is 11.8. The van der Waals surface area contributed by atoms with Crippen molar-refractivity contribution in [2.75, 3.05) is 13.1 Å². The number of benzene rings is 1. The zero-order valence-corrected chi connectivity index (χ0v) is 10.5. The van der Waals surface area contributed by atoms with Crippen molar-refractivity contribution in [2.24, 2.45) is 0 Å². The molecule has 5 nitrogen and oxygen atoms in total. The van der Waals surface area contributed by atoms with Crippen molar-refractivity contribution < 1.29 is 14.0 Å². The fourth-order valence-corrected chi connectivity index (χ4v) is 2.82. The summed E-state index contributed by atoms with van der Waals surface area (Å²) in [5.74, 6) is 0.392. The third-order valence-electron chi connectivity index (χ3n) is 2.60. The number of piperidine rings is 1. The summed E-state index contributed by atoms with van der Waals surface area (Å²) in [5, 5.41) is 4.32. The molecular formula is C11H17N2O3P. The molecule has 6 heteroatoms. The van der Waals surface area contributed by atoms with Crippen molar-refractivity contribution in [1.82, 2.24) is 10.2 Å². The number of nitrogens with zero attached hydrogens (tertiary/aromatic N) is 1. The van der Waals surface area contributed by atoms with Gasteiger partial charge in [0, 0.05) is 13.1 Å². The summed E-state index contributed by atoms with van der Waals surface area (Å²) in [6.45, 7) is 1.56. The second-order valence-electron chi connectivity index (χ2n) is 4.07. The van der Waals surface area contributed by atoms with Crippen LogP contribution in [-0.2, 0) is 4.57 Å². The molecule has 0 aliphatic carbocycles. The van der Waals surface area contributed by atoms with E-state index >= 15 is 0 Å². The number of rotatable bonds is 4. The van der Waals surface area contributed by atoms with E-state index in [1.165, 1.54) is 6.42 Å². The first kappa shape index (κ1) is 12.6. The van der Waals surface area contributed by atoms with E-state index in [1.54, 1.807) is 29.3 Å². The molecule has 1 unspecified atom stereocenters. The summed E-state index contributed by atoms with van der Waals surface area (Å²) >= 11 is 0. The molecule has 1 atom stereocenters. The molecule has 1 aliphatic rings. The molecule has 1 aliphatic heterocycles. The lowest BCUT2D eigenvalue weighted by Crippen LogP contribution is -2.40. The first-order chi connectivity index (χ1) is 8.16. The molecule has 0 amide bonds. The highest BCUT2D eigenvalue weighted by Crippen LogP contribution is 2.38. The topological polar surface area (TPSA) is 61.8 Å². The van der Waals surface area contributed by atoms with Crippen molar-refractivity contribution in [1.29, 1.82) is 0 Å². The number of hydrogen-bond acceptors (Lipinski definition) is 3. The van der Waals surface area contributed by atoms with Gasteiger partial charge in [-0.2, -0.15) is 0 Å². The Kier molecular flexibility index (Phi) is 4.18. The standard InChI is InChI=1S/C11H17N2O3P/c14-17(15,12-13-9-5-2-6-10-13)16-11-7-3-1-4-8-11/h1,3-4,7-8H,2,5-6,9-10H2,(H2,12,14,15). The first-order valence-electron chi connectivity index (χ1n) is 5.76. The molecule has 1 aromatic rings. The second-order valence-corrected chi connectivity index (χ2v) is 5.50. The van der Waals surface area contributed by atoms with Gasteiger partial charge in [0.25, 0.3) is 0 Å². The molecule has 2 rings (SSSR count). The normalized spacial score (nSPS) is 20.8. The Balaban J connectivity index is 1.92. The number of nitrogens with one attached hydrogen (secondary N) is 1. The Bertz CT molecular complexity index is 393. The van der Waals surface area contributed by atoms with Crippen LogP contribution < -0.4 is 9.72 Å². The molecule has 0 aromatic heterocycles. The van der Waals surface area contributed by atoms with Crippen molar-refractivity contribution in [3.05, 3.63) is 30.3 Å². The van der Waals surface area contributed by atoms with Gasteiger partial charge in [-0.15, -0.1) is 5.20 Å². The van der Waals surface area contributed by atoms with Gasteiger partial charge in [0.05, 0.1) is 0 Å². The van der Waals surface area contributed by atoms with Crippen LogP contribution in [-0.4, -0.2) is 23.0 Å². The van der Waals surface area contributed by atoms with E-state index in [4.69, 9.17) is 4.52 Å². The zero-order valence-electron chi connectivity index (χ0n) is 9.58. The maximum Gasteiger partial charge on any atom is 0.469 e. The molecule has 0 radical (unpaired) electrons. The van der Waals surface area contributed by atoms with Crippen molar-refractivity contribution >= 4 is 7.75 Å². The molecule has 1 aromatic carbocycles. The Hall–Kier alpha value is -0.870. The Morgan fingerprint density at radius 1 is 1.18 bits per heavy atom. The molecular weight excluding hydrogens is 239 g/mol. The van der Waals surface area contributed by atoms with Crippen LogP contribution in [0.3, 0.4) is 0 Å². The Morgan fingerprint density at radius 2 is 1.82 bits per heavy atom. The molecule has 0 spiro atoms. The molecule has 1 saturated heterocycles. The van der Waals surface area contributed by atoms with Crippen LogP contribution in [0.25, 0.3) is 0 Å². The summed E-state index contributed by atoms with van der Waals surface area (Å²) in [7, 11) is -3.81. The summed E-state index contributed by atoms with van der Waals surface area (Å²) < 4.78 is 16.9. The predicted octanol–water partition coefficient (Wildman–Crippen LogP) is 2.16. The number of para-hydroxylation sites is 1. The highest BCUT2D eigenvalue weighted by Gasteiger charge is 2.25. The SMILES string of the molecule is O=P(O)(NN1CCCCC1)Oc1ccccc1. The molecule has 0 saturated carbocycles. The Morgan fingerprint density at radius 3 is 2.47 bits per heavy atom. The smallest absolute Gasteiger partial charge is 0.413 e. The summed E-state index contributed by atoms with van der Waals surface area (Å²) in [4.78, 5) is 9.70. The zero-order chi connectivity index (χ0) is 12.1. The van der Waals surface area contributed by atoms with Gasteiger partial charge in [-0.05, 0) is 25.0 Å². The predicted molar refractivity (Wildman–Crippen MR) is 65.5 cm³/mol. The van der Waals surface area contributed by atoms with E-state index in [2.05, 4.69) is 5.20 Å². The highest BCUT2D eigenvalue weighted by molar-refractivity contribution is 7.50. The van der Waals surface area contributed by atoms with Crippen molar-refractivity contribution in [3.63, 3.8) is 0 Å². The molecule has 2 N–H and O–H groups in total. The van der Waals surface area contributed by atoms with Gasteiger partial charge in [-0.25, -0.2) is 9.57 Å². The van der Waals surface area contributed by atoms with Crippen LogP contribution >= 0.6 is 7.75 Å². The van der Waals surface area contributed by atoms with E-state index in [0.29, 0.717) is 5.75 Å². The average molecular weight is 256 g/mol. The van der Waals surface area contributed by atoms with E-state index in [-0.39, 0.29) is 0 Å². The number of hydrazine groups is 1. The van der Waals surface area contributed by atoms with Crippen molar-refractivity contribution in [3.8, 4) is 5.75 Å². The first-order valence-corrected chi connectivity index (χ1v) is 7.34. The van der Waals surface area contributed by atoms with Gasteiger partial charge in [0.1, 0.15) is 5.75 Å². The molecule has 94 valence electrons. The fraction of sp³-hybridized carbons (Fsp3) is 0.455. The van der Waals surface area contributed by atoms with E-state index in [9.17, 15) is 9.46 Å². The summed E-state index contributed by atoms with van der Waals surface area (Å²) in [6, 6.07) is 8.65. The van der Waals surface area contributed by atoms with Crippen LogP contribution in [0.5, 0.6) is 5.75 Å². The van der Waals surface area contributed by atoms with Crippen molar-refractivity contribution in [2.45, 2.75) is 19.3 Å². The van der Waals surface area contributed by atoms with Crippen LogP contribution in [0.4, 0.5) is 0 Å². The minimum Gasteiger partial charge on any atom is -0.413 e. The van der Waals surface area contributed by atoms with Gasteiger partial charge < -0.3 is 9.42 Å². The lowest BCUT2D eigenvalue weighted by molar-refractivity contribution is 0.176. The lowest BCUT2D eigenvalue weighted by Gasteiger charge is -2.28. The lowest BCUT2D eigenvalue weighted by atomic mass is 10.2. The van der Waals surface area contributed by atoms with Gasteiger partial charge in [0.2, 0.25) is 0 Å². The Labute approximate surface area is 101 Å². The third kappa shape index (κ3) is 4.13. The number of hydrogen-bond donors (Lipinski definition) is 2. The van der Waals surface area contributed by atoms with E-state index in [1.807, 2.05) is 6.07 Å². The molecule has 17 heavy (non-hydrogen) atoms. The van der Waals surface area contributed by atoms with Gasteiger partial charge in [0.15, 0.2) is 0 Å². The minimum atomic E-state index is -3.81. The minimum absolute atomic E-state index is 0.392. The average Bonchev–Trinajstić information content (AvgIpc) is 2.30. The summed E-state index contributed by atoms with van der Waals surface area (Å²) in [6.07, 6.45) is 3.25. The highest BCUT2D eigenvalue weighted by atomic mass is 31.2. The molecule has 1 heterocycles. The van der Waals surface area contributed by atoms with E-state index < -0.39 is 7.75 Å². The van der Waals surface area contributed by atoms with Gasteiger partial charge >= 0.3 is 7.75 Å². The monoisotopic (exact) mass is 256 g/mol. The van der Waals surface area contributed by atoms with Crippen LogP contribution in [0.1, 0.15) is 19.3 Å². The third-order valence-corrected chi connectivity index (χ3v) is 3.59. The maximum atomic E-state index is 11.8. The fourth-order valence-electron chi connectivity index (χ4n) is 1.82. The van der Waals surface area contributed by atoms with Crippen LogP contribution in [0.15, 0.2) is 30.3 Å². The largest absolute Gasteiger partial charge is 0.469 e. The van der Waals surface area contributed by atoms with Crippen LogP contribution in [0, 0.1) is 0 Å². The van der Waals surface area contributed by atoms with Gasteiger partial charge in [-0.1, -0.05) is 24.6 Å². The summed E-state index contributed by atoms with van der Waals surface area (Å²) in [5.41, 5.74) is 0. The molecule has 1 fully saturated rings. The van der Waals surface area contributed by atoms with E-state index in [0.717, 1.165) is 25.9 Å². The van der Waals surface area contributed by atoms with Crippen LogP contribution in [0.2, 0.25) is 0 Å². The molecule has 0 bridgehead atoms.